The van der Waals surface area contributed by atoms with Crippen molar-refractivity contribution in [2.75, 3.05) is 27.3 Å². The molecule has 0 amide bonds. The minimum absolute atomic E-state index is 0.0697. The van der Waals surface area contributed by atoms with Gasteiger partial charge in [0.15, 0.2) is 0 Å². The van der Waals surface area contributed by atoms with Crippen LogP contribution in [0.15, 0.2) is 103 Å². The van der Waals surface area contributed by atoms with E-state index < -0.39 is 5.60 Å². The number of fused-ring (bicyclic) bond motifs is 1. The monoisotopic (exact) mass is 465 g/mol. The molecular weight excluding hydrogens is 434 g/mol. The number of β-amino-alcohol motifs (C(OH)–C–C–N with tert-alkyl or cyclic N) is 1. The summed E-state index contributed by atoms with van der Waals surface area (Å²) in [5, 5.41) is 12.3. The molecule has 1 atom stereocenters. The zero-order valence-corrected chi connectivity index (χ0v) is 20.2. The minimum atomic E-state index is -1.17. The average Bonchev–Trinajstić information content (AvgIpc) is 2.93. The third-order valence-electron chi connectivity index (χ3n) is 7.05. The maximum Gasteiger partial charge on any atom is 0.127 e. The molecule has 0 spiro atoms. The molecule has 0 fully saturated rings. The Morgan fingerprint density at radius 2 is 1.40 bits per heavy atom. The number of aliphatic hydroxyl groups is 1. The lowest BCUT2D eigenvalue weighted by atomic mass is 9.82. The smallest absolute Gasteiger partial charge is 0.127 e. The number of rotatable bonds is 7. The van der Waals surface area contributed by atoms with Gasteiger partial charge < -0.3 is 14.6 Å². The first-order valence-electron chi connectivity index (χ1n) is 12.0. The van der Waals surface area contributed by atoms with E-state index in [0.717, 1.165) is 41.2 Å². The fourth-order valence-corrected chi connectivity index (χ4v) is 5.28. The summed E-state index contributed by atoms with van der Waals surface area (Å²) in [6.07, 6.45) is 0.873. The van der Waals surface area contributed by atoms with Crippen molar-refractivity contribution >= 4 is 0 Å². The van der Waals surface area contributed by atoms with Crippen molar-refractivity contribution in [2.45, 2.75) is 18.1 Å². The fraction of sp³-hybridized carbons (Fsp3) is 0.226. The first-order valence-corrected chi connectivity index (χ1v) is 12.0. The van der Waals surface area contributed by atoms with Crippen LogP contribution in [0.5, 0.6) is 11.5 Å². The molecule has 0 radical (unpaired) electrons. The molecule has 35 heavy (non-hydrogen) atoms. The molecule has 0 aromatic heterocycles. The van der Waals surface area contributed by atoms with Gasteiger partial charge in [-0.15, -0.1) is 0 Å². The largest absolute Gasteiger partial charge is 0.497 e. The zero-order chi connectivity index (χ0) is 24.3. The van der Waals surface area contributed by atoms with Crippen molar-refractivity contribution < 1.29 is 14.6 Å². The van der Waals surface area contributed by atoms with Gasteiger partial charge in [-0.3, -0.25) is 4.90 Å². The zero-order valence-electron chi connectivity index (χ0n) is 20.2. The van der Waals surface area contributed by atoms with E-state index in [1.54, 1.807) is 14.2 Å². The van der Waals surface area contributed by atoms with Crippen molar-refractivity contribution in [1.29, 1.82) is 0 Å². The second kappa shape index (κ2) is 9.95. The molecule has 1 heterocycles. The Labute approximate surface area is 207 Å². The van der Waals surface area contributed by atoms with E-state index in [4.69, 9.17) is 9.47 Å². The molecular formula is C31H31NO3. The summed E-state index contributed by atoms with van der Waals surface area (Å²) >= 11 is 0. The fourth-order valence-electron chi connectivity index (χ4n) is 5.28. The van der Waals surface area contributed by atoms with Crippen LogP contribution < -0.4 is 9.47 Å². The van der Waals surface area contributed by atoms with Gasteiger partial charge in [0.1, 0.15) is 17.1 Å². The van der Waals surface area contributed by atoms with Gasteiger partial charge in [-0.05, 0) is 46.9 Å². The molecule has 4 aromatic rings. The summed E-state index contributed by atoms with van der Waals surface area (Å²) in [6.45, 7) is 1.24. The van der Waals surface area contributed by atoms with Gasteiger partial charge in [0, 0.05) is 18.7 Å². The number of ether oxygens (including phenoxy) is 2. The molecule has 4 nitrogen and oxygen atoms in total. The Kier molecular flexibility index (Phi) is 6.58. The number of hydrogen-bond donors (Lipinski definition) is 1. The minimum Gasteiger partial charge on any atom is -0.497 e. The van der Waals surface area contributed by atoms with Crippen molar-refractivity contribution in [1.82, 2.24) is 4.90 Å². The maximum absolute atomic E-state index is 12.3. The maximum atomic E-state index is 12.3. The van der Waals surface area contributed by atoms with E-state index >= 15 is 0 Å². The van der Waals surface area contributed by atoms with Crippen molar-refractivity contribution in [3.8, 4) is 11.5 Å². The summed E-state index contributed by atoms with van der Waals surface area (Å²) < 4.78 is 11.3. The lowest BCUT2D eigenvalue weighted by Gasteiger charge is -2.43. The molecule has 4 heteroatoms. The highest BCUT2D eigenvalue weighted by molar-refractivity contribution is 5.48. The van der Waals surface area contributed by atoms with E-state index in [-0.39, 0.29) is 6.04 Å². The quantitative estimate of drug-likeness (QED) is 0.387. The second-order valence-corrected chi connectivity index (χ2v) is 9.02. The standard InChI is InChI=1S/C31H31NO3/c1-34-26-17-18-27-23(21-26)19-20-32(30(27)28-15-9-10-16-29(28)35-2)22-31(33,24-11-5-3-6-12-24)25-13-7-4-8-14-25/h3-18,21,30,33H,19-20,22H2,1-2H3/t30-/m1/s1. The summed E-state index contributed by atoms with van der Waals surface area (Å²) in [5.74, 6) is 1.70. The number of nitrogens with zero attached hydrogens (tertiary/aromatic N) is 1. The van der Waals surface area contributed by atoms with Crippen LogP contribution in [-0.4, -0.2) is 37.3 Å². The summed E-state index contributed by atoms with van der Waals surface area (Å²) in [6, 6.07) is 34.4. The lowest BCUT2D eigenvalue weighted by molar-refractivity contribution is 0.0224. The number of hydrogen-bond acceptors (Lipinski definition) is 4. The Balaban J connectivity index is 1.64. The van der Waals surface area contributed by atoms with E-state index in [1.807, 2.05) is 78.9 Å². The van der Waals surface area contributed by atoms with Crippen LogP contribution in [0, 0.1) is 0 Å². The molecule has 0 bridgehead atoms. The van der Waals surface area contributed by atoms with Gasteiger partial charge >= 0.3 is 0 Å². The third kappa shape index (κ3) is 4.43. The summed E-state index contributed by atoms with van der Waals surface area (Å²) in [4.78, 5) is 2.38. The van der Waals surface area contributed by atoms with E-state index in [9.17, 15) is 5.11 Å². The van der Waals surface area contributed by atoms with Gasteiger partial charge in [0.25, 0.3) is 0 Å². The van der Waals surface area contributed by atoms with Gasteiger partial charge in [-0.2, -0.15) is 0 Å². The normalized spacial score (nSPS) is 15.9. The van der Waals surface area contributed by atoms with Gasteiger partial charge in [-0.1, -0.05) is 84.9 Å². The predicted octanol–water partition coefficient (Wildman–Crippen LogP) is 5.59. The SMILES string of the molecule is COc1ccc2c(c1)CCN(CC(O)(c1ccccc1)c1ccccc1)[C@H]2c1ccccc1OC. The predicted molar refractivity (Wildman–Crippen MR) is 139 cm³/mol. The number of methoxy groups -OCH3 is 2. The second-order valence-electron chi connectivity index (χ2n) is 9.02. The average molecular weight is 466 g/mol. The topological polar surface area (TPSA) is 41.9 Å². The molecule has 0 saturated heterocycles. The molecule has 5 rings (SSSR count). The Hall–Kier alpha value is -3.60. The highest BCUT2D eigenvalue weighted by Crippen LogP contribution is 2.42. The number of para-hydroxylation sites is 1. The van der Waals surface area contributed by atoms with Gasteiger partial charge in [0.05, 0.1) is 20.3 Å². The Morgan fingerprint density at radius 1 is 0.771 bits per heavy atom. The highest BCUT2D eigenvalue weighted by Gasteiger charge is 2.39. The van der Waals surface area contributed by atoms with Crippen molar-refractivity contribution in [3.63, 3.8) is 0 Å². The molecule has 178 valence electrons. The molecule has 1 aliphatic heterocycles. The van der Waals surface area contributed by atoms with E-state index in [1.165, 1.54) is 11.1 Å². The third-order valence-corrected chi connectivity index (χ3v) is 7.05. The molecule has 4 aromatic carbocycles. The summed E-state index contributed by atoms with van der Waals surface area (Å²) in [7, 11) is 3.42. The van der Waals surface area contributed by atoms with Crippen molar-refractivity contribution in [2.24, 2.45) is 0 Å². The first kappa shape index (κ1) is 23.2. The molecule has 0 aliphatic carbocycles. The van der Waals surface area contributed by atoms with Crippen LogP contribution in [0.3, 0.4) is 0 Å². The van der Waals surface area contributed by atoms with Crippen LogP contribution in [0.1, 0.15) is 33.9 Å². The van der Waals surface area contributed by atoms with Gasteiger partial charge in [0.2, 0.25) is 0 Å². The first-order chi connectivity index (χ1) is 17.1. The summed E-state index contributed by atoms with van der Waals surface area (Å²) in [5.41, 5.74) is 4.15. The van der Waals surface area contributed by atoms with Crippen LogP contribution in [-0.2, 0) is 12.0 Å². The Bertz CT molecular complexity index is 1230. The Morgan fingerprint density at radius 3 is 2.03 bits per heavy atom. The molecule has 1 aliphatic rings. The molecule has 1 N–H and O–H groups in total. The van der Waals surface area contributed by atoms with Crippen LogP contribution >= 0.6 is 0 Å². The molecule has 0 unspecified atom stereocenters. The lowest BCUT2D eigenvalue weighted by Crippen LogP contribution is -2.46. The number of benzene rings is 4. The van der Waals surface area contributed by atoms with Crippen molar-refractivity contribution in [3.05, 3.63) is 131 Å². The van der Waals surface area contributed by atoms with Crippen LogP contribution in [0.25, 0.3) is 0 Å². The van der Waals surface area contributed by atoms with Gasteiger partial charge in [-0.25, -0.2) is 0 Å². The van der Waals surface area contributed by atoms with E-state index in [0.29, 0.717) is 6.54 Å². The molecule has 0 saturated carbocycles. The van der Waals surface area contributed by atoms with Crippen LogP contribution in [0.4, 0.5) is 0 Å². The van der Waals surface area contributed by atoms with Crippen LogP contribution in [0.2, 0.25) is 0 Å². The highest BCUT2D eigenvalue weighted by atomic mass is 16.5. The van der Waals surface area contributed by atoms with E-state index in [2.05, 4.69) is 29.2 Å².